The van der Waals surface area contributed by atoms with Crippen LogP contribution in [0.1, 0.15) is 51.1 Å². The lowest BCUT2D eigenvalue weighted by atomic mass is 9.82. The van der Waals surface area contributed by atoms with Crippen LogP contribution in [0.3, 0.4) is 0 Å². The molecule has 1 fully saturated rings. The fraction of sp³-hybridized carbons (Fsp3) is 0.500. The van der Waals surface area contributed by atoms with Gasteiger partial charge in [0.25, 0.3) is 5.56 Å². The predicted molar refractivity (Wildman–Crippen MR) is 90.3 cm³/mol. The quantitative estimate of drug-likeness (QED) is 0.915. The molecule has 0 radical (unpaired) electrons. The first kappa shape index (κ1) is 15.7. The number of nitrogens with zero attached hydrogens (tertiary/aromatic N) is 1. The molecular weight excluding hydrogens is 290 g/mol. The number of hydrogen-bond donors (Lipinski definition) is 2. The summed E-state index contributed by atoms with van der Waals surface area (Å²) < 4.78 is 0. The summed E-state index contributed by atoms with van der Waals surface area (Å²) in [6.07, 6.45) is 3.87. The van der Waals surface area contributed by atoms with Gasteiger partial charge in [-0.3, -0.25) is 9.59 Å². The van der Waals surface area contributed by atoms with E-state index >= 15 is 0 Å². The highest BCUT2D eigenvalue weighted by atomic mass is 16.2. The van der Waals surface area contributed by atoms with Gasteiger partial charge in [-0.15, -0.1) is 0 Å². The molecule has 0 saturated heterocycles. The monoisotopic (exact) mass is 313 g/mol. The van der Waals surface area contributed by atoms with Gasteiger partial charge < -0.3 is 5.32 Å². The van der Waals surface area contributed by atoms with Crippen molar-refractivity contribution in [1.82, 2.24) is 15.5 Å². The van der Waals surface area contributed by atoms with Crippen LogP contribution >= 0.6 is 0 Å². The average molecular weight is 313 g/mol. The average Bonchev–Trinajstić information content (AvgIpc) is 2.56. The largest absolute Gasteiger partial charge is 0.353 e. The number of aromatic nitrogens is 2. The number of fused-ring (bicyclic) bond motifs is 1. The third-order valence-electron chi connectivity index (χ3n) is 4.71. The van der Waals surface area contributed by atoms with Crippen molar-refractivity contribution in [3.05, 3.63) is 40.3 Å². The van der Waals surface area contributed by atoms with Gasteiger partial charge in [0.05, 0.1) is 11.1 Å². The second-order valence-corrected chi connectivity index (χ2v) is 6.70. The van der Waals surface area contributed by atoms with Crippen LogP contribution in [0.4, 0.5) is 0 Å². The van der Waals surface area contributed by atoms with Gasteiger partial charge in [0.15, 0.2) is 0 Å². The van der Waals surface area contributed by atoms with Crippen LogP contribution in [0.15, 0.2) is 29.1 Å². The molecule has 0 bridgehead atoms. The van der Waals surface area contributed by atoms with Crippen LogP contribution in [-0.4, -0.2) is 22.1 Å². The topological polar surface area (TPSA) is 74.8 Å². The molecule has 1 aromatic carbocycles. The fourth-order valence-corrected chi connectivity index (χ4v) is 3.33. The van der Waals surface area contributed by atoms with E-state index in [0.717, 1.165) is 36.8 Å². The van der Waals surface area contributed by atoms with E-state index in [1.165, 1.54) is 0 Å². The first-order chi connectivity index (χ1) is 11.1. The molecule has 5 nitrogen and oxygen atoms in total. The van der Waals surface area contributed by atoms with Crippen molar-refractivity contribution in [3.63, 3.8) is 0 Å². The van der Waals surface area contributed by atoms with Gasteiger partial charge >= 0.3 is 0 Å². The van der Waals surface area contributed by atoms with E-state index in [1.54, 1.807) is 0 Å². The van der Waals surface area contributed by atoms with Crippen LogP contribution in [0.2, 0.25) is 0 Å². The number of rotatable bonds is 3. The SMILES string of the molecule is CC(C)C(=O)N[C@H]1CC[C@H](c2n[nH]c(=O)c3ccccc32)CC1. The maximum absolute atomic E-state index is 11.9. The first-order valence-electron chi connectivity index (χ1n) is 8.34. The van der Waals surface area contributed by atoms with E-state index in [0.29, 0.717) is 11.3 Å². The lowest BCUT2D eigenvalue weighted by Gasteiger charge is -2.29. The summed E-state index contributed by atoms with van der Waals surface area (Å²) in [5, 5.41) is 11.7. The Morgan fingerprint density at radius 1 is 1.17 bits per heavy atom. The molecule has 1 aromatic heterocycles. The van der Waals surface area contributed by atoms with Crippen LogP contribution in [0.5, 0.6) is 0 Å². The van der Waals surface area contributed by atoms with Gasteiger partial charge in [-0.25, -0.2) is 5.10 Å². The predicted octanol–water partition coefficient (Wildman–Crippen LogP) is 2.72. The van der Waals surface area contributed by atoms with Crippen molar-refractivity contribution in [3.8, 4) is 0 Å². The Balaban J connectivity index is 1.75. The van der Waals surface area contributed by atoms with E-state index in [9.17, 15) is 9.59 Å². The fourth-order valence-electron chi connectivity index (χ4n) is 3.33. The highest BCUT2D eigenvalue weighted by Gasteiger charge is 2.26. The summed E-state index contributed by atoms with van der Waals surface area (Å²) in [5.41, 5.74) is 0.844. The Morgan fingerprint density at radius 2 is 1.83 bits per heavy atom. The maximum atomic E-state index is 11.9. The number of aromatic amines is 1. The molecule has 5 heteroatoms. The minimum absolute atomic E-state index is 0.0255. The molecule has 2 N–H and O–H groups in total. The van der Waals surface area contributed by atoms with Crippen molar-refractivity contribution >= 4 is 16.7 Å². The van der Waals surface area contributed by atoms with Gasteiger partial charge in [0, 0.05) is 23.3 Å². The third kappa shape index (κ3) is 3.28. The normalized spacial score (nSPS) is 21.5. The lowest BCUT2D eigenvalue weighted by Crippen LogP contribution is -2.39. The van der Waals surface area contributed by atoms with Crippen molar-refractivity contribution in [1.29, 1.82) is 0 Å². The zero-order chi connectivity index (χ0) is 16.4. The minimum atomic E-state index is -0.137. The van der Waals surface area contributed by atoms with Gasteiger partial charge in [-0.2, -0.15) is 5.10 Å². The Labute approximate surface area is 135 Å². The summed E-state index contributed by atoms with van der Waals surface area (Å²) in [5.74, 6) is 0.488. The number of amides is 1. The van der Waals surface area contributed by atoms with Crippen molar-refractivity contribution in [2.24, 2.45) is 5.92 Å². The molecule has 1 aliphatic carbocycles. The van der Waals surface area contributed by atoms with E-state index in [4.69, 9.17) is 0 Å². The Bertz CT molecular complexity index is 758. The molecule has 1 saturated carbocycles. The molecule has 122 valence electrons. The number of carbonyl (C=O) groups excluding carboxylic acids is 1. The molecule has 1 aliphatic rings. The standard InChI is InChI=1S/C18H23N3O2/c1-11(2)17(22)19-13-9-7-12(8-10-13)16-14-5-3-4-6-15(14)18(23)21-20-16/h3-6,11-13H,7-10H2,1-2H3,(H,19,22)(H,21,23)/t12-,13-. The van der Waals surface area contributed by atoms with Crippen LogP contribution in [-0.2, 0) is 4.79 Å². The van der Waals surface area contributed by atoms with E-state index < -0.39 is 0 Å². The second kappa shape index (κ2) is 6.52. The number of benzene rings is 1. The second-order valence-electron chi connectivity index (χ2n) is 6.70. The maximum Gasteiger partial charge on any atom is 0.272 e. The van der Waals surface area contributed by atoms with Crippen molar-refractivity contribution < 1.29 is 4.79 Å². The number of H-pyrrole nitrogens is 1. The van der Waals surface area contributed by atoms with Gasteiger partial charge in [0.1, 0.15) is 0 Å². The van der Waals surface area contributed by atoms with Crippen molar-refractivity contribution in [2.75, 3.05) is 0 Å². The molecule has 0 unspecified atom stereocenters. The number of nitrogens with one attached hydrogen (secondary N) is 2. The molecule has 1 amide bonds. The first-order valence-corrected chi connectivity index (χ1v) is 8.34. The molecule has 0 atom stereocenters. The molecule has 0 spiro atoms. The summed E-state index contributed by atoms with van der Waals surface area (Å²) >= 11 is 0. The van der Waals surface area contributed by atoms with Gasteiger partial charge in [-0.05, 0) is 31.7 Å². The minimum Gasteiger partial charge on any atom is -0.353 e. The van der Waals surface area contributed by atoms with Crippen LogP contribution in [0.25, 0.3) is 10.8 Å². The Morgan fingerprint density at radius 3 is 2.48 bits per heavy atom. The Kier molecular flexibility index (Phi) is 4.46. The van der Waals surface area contributed by atoms with Gasteiger partial charge in [-0.1, -0.05) is 32.0 Å². The lowest BCUT2D eigenvalue weighted by molar-refractivity contribution is -0.124. The summed E-state index contributed by atoms with van der Waals surface area (Å²) in [6.45, 7) is 3.83. The molecule has 2 aromatic rings. The van der Waals surface area contributed by atoms with Gasteiger partial charge in [0.2, 0.25) is 5.91 Å². The van der Waals surface area contributed by atoms with E-state index in [2.05, 4.69) is 15.5 Å². The highest BCUT2D eigenvalue weighted by Crippen LogP contribution is 2.34. The molecule has 0 aliphatic heterocycles. The summed E-state index contributed by atoms with van der Waals surface area (Å²) in [4.78, 5) is 23.7. The molecule has 23 heavy (non-hydrogen) atoms. The highest BCUT2D eigenvalue weighted by molar-refractivity contribution is 5.83. The zero-order valence-corrected chi connectivity index (χ0v) is 13.6. The van der Waals surface area contributed by atoms with Crippen LogP contribution in [0, 0.1) is 5.92 Å². The molecule has 1 heterocycles. The molecule has 3 rings (SSSR count). The smallest absolute Gasteiger partial charge is 0.272 e. The number of carbonyl (C=O) groups is 1. The van der Waals surface area contributed by atoms with E-state index in [-0.39, 0.29) is 23.4 Å². The number of hydrogen-bond acceptors (Lipinski definition) is 3. The third-order valence-corrected chi connectivity index (χ3v) is 4.71. The summed E-state index contributed by atoms with van der Waals surface area (Å²) in [7, 11) is 0. The summed E-state index contributed by atoms with van der Waals surface area (Å²) in [6, 6.07) is 7.89. The van der Waals surface area contributed by atoms with Crippen molar-refractivity contribution in [2.45, 2.75) is 51.5 Å². The Hall–Kier alpha value is -2.17. The van der Waals surface area contributed by atoms with E-state index in [1.807, 2.05) is 38.1 Å². The molecular formula is C18H23N3O2. The zero-order valence-electron chi connectivity index (χ0n) is 13.6. The van der Waals surface area contributed by atoms with Crippen LogP contribution < -0.4 is 10.9 Å².